The summed E-state index contributed by atoms with van der Waals surface area (Å²) in [7, 11) is 4.84. The van der Waals surface area contributed by atoms with Crippen LogP contribution in [-0.4, -0.2) is 43.9 Å². The Labute approximate surface area is 189 Å². The lowest BCUT2D eigenvalue weighted by molar-refractivity contribution is -0.891. The number of ether oxygens (including phenoxy) is 1. The van der Waals surface area contributed by atoms with Crippen LogP contribution in [0.3, 0.4) is 0 Å². The molecule has 0 unspecified atom stereocenters. The normalized spacial score (nSPS) is 30.3. The number of unbranched alkanes of at least 4 members (excludes halogenated alkanes) is 11. The average Bonchev–Trinajstić information content (AvgIpc) is 2.67. The summed E-state index contributed by atoms with van der Waals surface area (Å²) >= 11 is 0. The van der Waals surface area contributed by atoms with E-state index < -0.39 is 0 Å². The van der Waals surface area contributed by atoms with E-state index in [4.69, 9.17) is 4.74 Å². The first kappa shape index (κ1) is 24.6. The van der Waals surface area contributed by atoms with Gasteiger partial charge in [0.2, 0.25) is 0 Å². The van der Waals surface area contributed by atoms with Gasteiger partial charge in [0.25, 0.3) is 0 Å². The second-order valence-corrected chi connectivity index (χ2v) is 12.2. The molecule has 0 aromatic rings. The number of nitrogens with zero attached hydrogens (tertiary/aromatic N) is 1. The summed E-state index contributed by atoms with van der Waals surface area (Å²) in [5.41, 5.74) is 0.296. The van der Waals surface area contributed by atoms with Crippen molar-refractivity contribution >= 4 is 0 Å². The molecule has 0 radical (unpaired) electrons. The number of quaternary nitrogens is 1. The van der Waals surface area contributed by atoms with Gasteiger partial charge in [-0.25, -0.2) is 0 Å². The second-order valence-electron chi connectivity index (χ2n) is 12.2. The van der Waals surface area contributed by atoms with Gasteiger partial charge in [0.1, 0.15) is 6.54 Å². The van der Waals surface area contributed by atoms with E-state index in [9.17, 15) is 0 Å². The van der Waals surface area contributed by atoms with Gasteiger partial charge in [-0.05, 0) is 69.1 Å². The van der Waals surface area contributed by atoms with E-state index in [1.165, 1.54) is 129 Å². The predicted molar refractivity (Wildman–Crippen MR) is 130 cm³/mol. The number of likely N-dealkylation sites (N-methyl/N-ethyl adjacent to an activating group) is 1. The average molecular weight is 421 g/mol. The largest absolute Gasteiger partial charge is 0.369 e. The van der Waals surface area contributed by atoms with Crippen LogP contribution in [0.15, 0.2) is 0 Å². The summed E-state index contributed by atoms with van der Waals surface area (Å²) in [5, 5.41) is 0. The first-order valence-corrected chi connectivity index (χ1v) is 14.0. The Kier molecular flexibility index (Phi) is 10.0. The molecular weight excluding hydrogens is 366 g/mol. The minimum Gasteiger partial charge on any atom is -0.369 e. The molecule has 0 aromatic heterocycles. The Morgan fingerprint density at radius 3 is 1.53 bits per heavy atom. The Morgan fingerprint density at radius 2 is 1.07 bits per heavy atom. The standard InChI is InChI=1S/C28H54NO/c1-4-5-6-7-8-9-10-11-12-13-14-15-16-29(2,3)17-18-30-28-22-25-19-26(23-28)21-27(20-25)24-28/h25-27H,4-24H2,1-3H3/q+1. The lowest BCUT2D eigenvalue weighted by Crippen LogP contribution is -2.53. The van der Waals surface area contributed by atoms with Gasteiger partial charge in [-0.3, -0.25) is 0 Å². The lowest BCUT2D eigenvalue weighted by Gasteiger charge is -2.56. The van der Waals surface area contributed by atoms with Gasteiger partial charge < -0.3 is 9.22 Å². The van der Waals surface area contributed by atoms with E-state index in [0.717, 1.165) is 28.8 Å². The van der Waals surface area contributed by atoms with Gasteiger partial charge in [-0.2, -0.15) is 0 Å². The molecule has 0 aromatic carbocycles. The first-order valence-electron chi connectivity index (χ1n) is 14.0. The Morgan fingerprint density at radius 1 is 0.633 bits per heavy atom. The molecule has 30 heavy (non-hydrogen) atoms. The highest BCUT2D eigenvalue weighted by Gasteiger charge is 2.51. The summed E-state index contributed by atoms with van der Waals surface area (Å²) < 4.78 is 7.82. The maximum absolute atomic E-state index is 6.68. The number of rotatable bonds is 17. The van der Waals surface area contributed by atoms with Gasteiger partial charge in [-0.1, -0.05) is 71.1 Å². The van der Waals surface area contributed by atoms with Gasteiger partial charge >= 0.3 is 0 Å². The molecule has 176 valence electrons. The van der Waals surface area contributed by atoms with Crippen LogP contribution in [0.5, 0.6) is 0 Å². The second kappa shape index (κ2) is 12.2. The fourth-order valence-electron chi connectivity index (χ4n) is 7.21. The highest BCUT2D eigenvalue weighted by atomic mass is 16.5. The molecule has 4 aliphatic rings. The van der Waals surface area contributed by atoms with Crippen LogP contribution in [0.1, 0.15) is 122 Å². The van der Waals surface area contributed by atoms with Crippen LogP contribution in [0.25, 0.3) is 0 Å². The Hall–Kier alpha value is -0.0800. The topological polar surface area (TPSA) is 9.23 Å². The summed E-state index contributed by atoms with van der Waals surface area (Å²) in [6.45, 7) is 5.80. The SMILES string of the molecule is CCCCCCCCCCCCCC[N+](C)(C)CCOC12CC3CC(CC(C3)C1)C2. The predicted octanol–water partition coefficient (Wildman–Crippen LogP) is 7.75. The molecule has 0 spiro atoms. The zero-order chi connectivity index (χ0) is 21.3. The number of hydrogen-bond acceptors (Lipinski definition) is 1. The van der Waals surface area contributed by atoms with Crippen molar-refractivity contribution in [3.63, 3.8) is 0 Å². The highest BCUT2D eigenvalue weighted by Crippen LogP contribution is 2.57. The van der Waals surface area contributed by atoms with Crippen LogP contribution in [0.2, 0.25) is 0 Å². The molecule has 0 aliphatic heterocycles. The van der Waals surface area contributed by atoms with Crippen LogP contribution in [0, 0.1) is 17.8 Å². The molecule has 4 aliphatic carbocycles. The Bertz CT molecular complexity index is 436. The molecule has 0 N–H and O–H groups in total. The van der Waals surface area contributed by atoms with E-state index in [1.54, 1.807) is 0 Å². The monoisotopic (exact) mass is 420 g/mol. The van der Waals surface area contributed by atoms with Crippen molar-refractivity contribution in [2.45, 2.75) is 128 Å². The third-order valence-electron chi connectivity index (χ3n) is 8.70. The van der Waals surface area contributed by atoms with E-state index in [2.05, 4.69) is 21.0 Å². The lowest BCUT2D eigenvalue weighted by atomic mass is 9.54. The fraction of sp³-hybridized carbons (Fsp3) is 1.00. The first-order chi connectivity index (χ1) is 14.5. The van der Waals surface area contributed by atoms with E-state index >= 15 is 0 Å². The van der Waals surface area contributed by atoms with Crippen molar-refractivity contribution in [2.75, 3.05) is 33.8 Å². The molecule has 0 amide bonds. The molecular formula is C28H54NO+. The summed E-state index contributed by atoms with van der Waals surface area (Å²) in [6, 6.07) is 0. The summed E-state index contributed by atoms with van der Waals surface area (Å²) in [4.78, 5) is 0. The van der Waals surface area contributed by atoms with Gasteiger partial charge in [0, 0.05) is 0 Å². The molecule has 4 bridgehead atoms. The molecule has 4 rings (SSSR count). The van der Waals surface area contributed by atoms with E-state index in [0.29, 0.717) is 5.60 Å². The van der Waals surface area contributed by atoms with Crippen LogP contribution < -0.4 is 0 Å². The minimum absolute atomic E-state index is 0.296. The van der Waals surface area contributed by atoms with Crippen LogP contribution >= 0.6 is 0 Å². The van der Waals surface area contributed by atoms with Crippen molar-refractivity contribution in [1.29, 1.82) is 0 Å². The fourth-order valence-corrected chi connectivity index (χ4v) is 7.21. The summed E-state index contributed by atoms with van der Waals surface area (Å²) in [6.07, 6.45) is 26.0. The van der Waals surface area contributed by atoms with Crippen molar-refractivity contribution in [1.82, 2.24) is 0 Å². The zero-order valence-corrected chi connectivity index (χ0v) is 20.9. The zero-order valence-electron chi connectivity index (χ0n) is 20.9. The van der Waals surface area contributed by atoms with Crippen LogP contribution in [-0.2, 0) is 4.74 Å². The van der Waals surface area contributed by atoms with Crippen molar-refractivity contribution < 1.29 is 9.22 Å². The molecule has 4 fully saturated rings. The molecule has 0 atom stereocenters. The van der Waals surface area contributed by atoms with Crippen LogP contribution in [0.4, 0.5) is 0 Å². The van der Waals surface area contributed by atoms with Gasteiger partial charge in [0.15, 0.2) is 0 Å². The van der Waals surface area contributed by atoms with Gasteiger partial charge in [0.05, 0.1) is 32.8 Å². The summed E-state index contributed by atoms with van der Waals surface area (Å²) in [5.74, 6) is 3.00. The third-order valence-corrected chi connectivity index (χ3v) is 8.70. The molecule has 0 saturated heterocycles. The molecule has 4 saturated carbocycles. The number of hydrogen-bond donors (Lipinski definition) is 0. The maximum atomic E-state index is 6.68. The van der Waals surface area contributed by atoms with Gasteiger partial charge in [-0.15, -0.1) is 0 Å². The van der Waals surface area contributed by atoms with Crippen molar-refractivity contribution in [2.24, 2.45) is 17.8 Å². The third kappa shape index (κ3) is 8.12. The molecule has 2 nitrogen and oxygen atoms in total. The van der Waals surface area contributed by atoms with E-state index in [-0.39, 0.29) is 0 Å². The Balaban J connectivity index is 1.16. The van der Waals surface area contributed by atoms with Crippen molar-refractivity contribution in [3.8, 4) is 0 Å². The minimum atomic E-state index is 0.296. The van der Waals surface area contributed by atoms with E-state index in [1.807, 2.05) is 0 Å². The highest BCUT2D eigenvalue weighted by molar-refractivity contribution is 5.03. The molecule has 2 heteroatoms. The maximum Gasteiger partial charge on any atom is 0.102 e. The molecule has 0 heterocycles. The van der Waals surface area contributed by atoms with Crippen molar-refractivity contribution in [3.05, 3.63) is 0 Å². The quantitative estimate of drug-likeness (QED) is 0.173. The smallest absolute Gasteiger partial charge is 0.102 e.